The largest absolute Gasteiger partial charge is 0.469 e. The van der Waals surface area contributed by atoms with Crippen molar-refractivity contribution >= 4 is 23.2 Å². The molecule has 4 heteroatoms. The molecule has 0 fully saturated rings. The summed E-state index contributed by atoms with van der Waals surface area (Å²) in [6, 6.07) is 10.0. The molecule has 1 unspecified atom stereocenters. The Labute approximate surface area is 91.9 Å². The maximum Gasteiger partial charge on any atom is 0.289 e. The summed E-state index contributed by atoms with van der Waals surface area (Å²) in [5, 5.41) is 1.14. The maximum absolute atomic E-state index is 11.3. The quantitative estimate of drug-likeness (QED) is 0.826. The third-order valence-electron chi connectivity index (χ3n) is 2.67. The van der Waals surface area contributed by atoms with Gasteiger partial charge in [-0.15, -0.1) is 0 Å². The zero-order valence-corrected chi connectivity index (χ0v) is 8.51. The maximum atomic E-state index is 11.3. The Morgan fingerprint density at radius 2 is 2.25 bits per heavy atom. The minimum Gasteiger partial charge on any atom is -0.469 e. The number of amides is 1. The van der Waals surface area contributed by atoms with Gasteiger partial charge in [-0.25, -0.2) is 0 Å². The molecule has 1 aliphatic rings. The molecule has 1 amide bonds. The third kappa shape index (κ3) is 1.48. The first-order valence-electron chi connectivity index (χ1n) is 5.11. The van der Waals surface area contributed by atoms with Crippen molar-refractivity contribution in [3.8, 4) is 0 Å². The number of aromatic amines is 1. The van der Waals surface area contributed by atoms with Crippen molar-refractivity contribution in [2.24, 2.45) is 4.99 Å². The molecule has 0 spiro atoms. The first kappa shape index (κ1) is 9.15. The Morgan fingerprint density at radius 1 is 1.38 bits per heavy atom. The van der Waals surface area contributed by atoms with E-state index in [1.54, 1.807) is 0 Å². The van der Waals surface area contributed by atoms with E-state index in [1.165, 1.54) is 6.40 Å². The van der Waals surface area contributed by atoms with Gasteiger partial charge in [-0.1, -0.05) is 18.2 Å². The second-order valence-corrected chi connectivity index (χ2v) is 3.78. The summed E-state index contributed by atoms with van der Waals surface area (Å²) in [5.74, 6) is -0.210. The standard InChI is InChI=1S/C12H10N2O2/c15-12-11(16-7-13-12)6-9-5-8-3-1-2-4-10(8)14-9/h1-5,7,11,14H,6H2. The van der Waals surface area contributed by atoms with E-state index in [0.717, 1.165) is 16.6 Å². The first-order valence-corrected chi connectivity index (χ1v) is 5.11. The summed E-state index contributed by atoms with van der Waals surface area (Å²) >= 11 is 0. The second-order valence-electron chi connectivity index (χ2n) is 3.78. The Balaban J connectivity index is 1.87. The van der Waals surface area contributed by atoms with Gasteiger partial charge in [0.25, 0.3) is 5.91 Å². The number of aromatic nitrogens is 1. The SMILES string of the molecule is O=C1N=COC1Cc1cc2ccccc2[nH]1. The summed E-state index contributed by atoms with van der Waals surface area (Å²) in [5.41, 5.74) is 2.06. The number of nitrogens with zero attached hydrogens (tertiary/aromatic N) is 1. The van der Waals surface area contributed by atoms with Crippen LogP contribution < -0.4 is 0 Å². The molecule has 2 aromatic rings. The fraction of sp³-hybridized carbons (Fsp3) is 0.167. The zero-order valence-electron chi connectivity index (χ0n) is 8.51. The molecule has 0 aliphatic carbocycles. The van der Waals surface area contributed by atoms with Crippen LogP contribution >= 0.6 is 0 Å². The van der Waals surface area contributed by atoms with E-state index < -0.39 is 6.10 Å². The van der Waals surface area contributed by atoms with Gasteiger partial charge in [0.15, 0.2) is 12.5 Å². The highest BCUT2D eigenvalue weighted by Crippen LogP contribution is 2.17. The fourth-order valence-corrected chi connectivity index (χ4v) is 1.88. The van der Waals surface area contributed by atoms with Gasteiger partial charge in [-0.2, -0.15) is 4.99 Å². The Kier molecular flexibility index (Phi) is 1.99. The topological polar surface area (TPSA) is 54.4 Å². The van der Waals surface area contributed by atoms with Crippen molar-refractivity contribution in [1.29, 1.82) is 0 Å². The summed E-state index contributed by atoms with van der Waals surface area (Å²) in [6.07, 6.45) is 1.29. The van der Waals surface area contributed by atoms with E-state index in [0.29, 0.717) is 6.42 Å². The fourth-order valence-electron chi connectivity index (χ4n) is 1.88. The predicted octanol–water partition coefficient (Wildman–Crippen LogP) is 1.66. The van der Waals surface area contributed by atoms with Crippen molar-refractivity contribution < 1.29 is 9.53 Å². The molecule has 1 N–H and O–H groups in total. The molecular weight excluding hydrogens is 204 g/mol. The first-order chi connectivity index (χ1) is 7.83. The number of rotatable bonds is 2. The van der Waals surface area contributed by atoms with Gasteiger partial charge < -0.3 is 9.72 Å². The monoisotopic (exact) mass is 214 g/mol. The Morgan fingerprint density at radius 3 is 3.00 bits per heavy atom. The van der Waals surface area contributed by atoms with Gasteiger partial charge in [0.05, 0.1) is 0 Å². The van der Waals surface area contributed by atoms with Crippen LogP contribution in [0.25, 0.3) is 10.9 Å². The lowest BCUT2D eigenvalue weighted by Gasteiger charge is -2.04. The molecule has 4 nitrogen and oxygen atoms in total. The molecule has 0 saturated carbocycles. The Hall–Kier alpha value is -2.10. The van der Waals surface area contributed by atoms with Gasteiger partial charge >= 0.3 is 0 Å². The van der Waals surface area contributed by atoms with Crippen molar-refractivity contribution in [2.75, 3.05) is 0 Å². The number of ether oxygens (including phenoxy) is 1. The number of hydrogen-bond acceptors (Lipinski definition) is 2. The lowest BCUT2D eigenvalue weighted by atomic mass is 10.2. The van der Waals surface area contributed by atoms with Crippen molar-refractivity contribution in [3.05, 3.63) is 36.0 Å². The molecule has 80 valence electrons. The molecule has 3 rings (SSSR count). The van der Waals surface area contributed by atoms with Gasteiger partial charge in [-0.3, -0.25) is 4.79 Å². The smallest absolute Gasteiger partial charge is 0.289 e. The number of nitrogens with one attached hydrogen (secondary N) is 1. The number of carbonyl (C=O) groups excluding carboxylic acids is 1. The lowest BCUT2D eigenvalue weighted by molar-refractivity contribution is -0.122. The number of fused-ring (bicyclic) bond motifs is 1. The number of H-pyrrole nitrogens is 1. The summed E-state index contributed by atoms with van der Waals surface area (Å²) in [7, 11) is 0. The molecule has 1 aromatic carbocycles. The number of hydrogen-bond donors (Lipinski definition) is 1. The van der Waals surface area contributed by atoms with Crippen LogP contribution in [0.15, 0.2) is 35.3 Å². The highest BCUT2D eigenvalue weighted by molar-refractivity contribution is 5.91. The summed E-state index contributed by atoms with van der Waals surface area (Å²) in [4.78, 5) is 18.1. The normalized spacial score (nSPS) is 19.2. The van der Waals surface area contributed by atoms with Gasteiger partial charge in [-0.05, 0) is 17.5 Å². The lowest BCUT2D eigenvalue weighted by Crippen LogP contribution is -2.19. The van der Waals surface area contributed by atoms with E-state index in [9.17, 15) is 4.79 Å². The van der Waals surface area contributed by atoms with Crippen LogP contribution in [-0.2, 0) is 16.0 Å². The highest BCUT2D eigenvalue weighted by atomic mass is 16.5. The van der Waals surface area contributed by atoms with Crippen molar-refractivity contribution in [1.82, 2.24) is 4.98 Å². The second kappa shape index (κ2) is 3.48. The molecule has 0 saturated heterocycles. The summed E-state index contributed by atoms with van der Waals surface area (Å²) in [6.45, 7) is 0. The van der Waals surface area contributed by atoms with Gasteiger partial charge in [0.2, 0.25) is 0 Å². The number of para-hydroxylation sites is 1. The van der Waals surface area contributed by atoms with Gasteiger partial charge in [0, 0.05) is 17.6 Å². The molecule has 0 bridgehead atoms. The molecule has 1 aliphatic heterocycles. The van der Waals surface area contributed by atoms with E-state index in [-0.39, 0.29) is 5.91 Å². The van der Waals surface area contributed by atoms with Crippen LogP contribution in [0.1, 0.15) is 5.69 Å². The summed E-state index contributed by atoms with van der Waals surface area (Å²) < 4.78 is 5.10. The average molecular weight is 214 g/mol. The van der Waals surface area contributed by atoms with Crippen molar-refractivity contribution in [2.45, 2.75) is 12.5 Å². The number of benzene rings is 1. The molecular formula is C12H10N2O2. The van der Waals surface area contributed by atoms with E-state index in [4.69, 9.17) is 4.74 Å². The molecule has 2 heterocycles. The molecule has 1 aromatic heterocycles. The van der Waals surface area contributed by atoms with E-state index in [2.05, 4.69) is 9.98 Å². The predicted molar refractivity (Wildman–Crippen MR) is 60.4 cm³/mol. The number of carbonyl (C=O) groups is 1. The minimum atomic E-state index is -0.465. The van der Waals surface area contributed by atoms with Crippen LogP contribution in [0.2, 0.25) is 0 Å². The van der Waals surface area contributed by atoms with Crippen molar-refractivity contribution in [3.63, 3.8) is 0 Å². The Bertz CT molecular complexity index is 538. The third-order valence-corrected chi connectivity index (χ3v) is 2.67. The van der Waals surface area contributed by atoms with Crippen LogP contribution in [0.5, 0.6) is 0 Å². The van der Waals surface area contributed by atoms with E-state index in [1.807, 2.05) is 30.3 Å². The van der Waals surface area contributed by atoms with Gasteiger partial charge in [0.1, 0.15) is 0 Å². The molecule has 1 atom stereocenters. The van der Waals surface area contributed by atoms with E-state index >= 15 is 0 Å². The number of aliphatic imine (C=N–C) groups is 1. The highest BCUT2D eigenvalue weighted by Gasteiger charge is 2.23. The zero-order chi connectivity index (χ0) is 11.0. The van der Waals surface area contributed by atoms with Crippen LogP contribution in [0.3, 0.4) is 0 Å². The minimum absolute atomic E-state index is 0.210. The molecule has 0 radical (unpaired) electrons. The van der Waals surface area contributed by atoms with Crippen LogP contribution in [-0.4, -0.2) is 23.4 Å². The molecule has 16 heavy (non-hydrogen) atoms. The average Bonchev–Trinajstić information content (AvgIpc) is 2.85. The van der Waals surface area contributed by atoms with Crippen LogP contribution in [0.4, 0.5) is 0 Å². The van der Waals surface area contributed by atoms with Crippen LogP contribution in [0, 0.1) is 0 Å².